The minimum atomic E-state index is 0.420. The summed E-state index contributed by atoms with van der Waals surface area (Å²) in [5, 5.41) is 9.30. The Morgan fingerprint density at radius 1 is 2.00 bits per heavy atom. The SMILES string of the molecule is CCO[C-]=O.O[N]=[Cu].[CH]c1n[c-]cs1. The second-order valence-corrected chi connectivity index (χ2v) is 2.47. The molecule has 0 bridgehead atoms. The predicted molar refractivity (Wildman–Crippen MR) is 45.9 cm³/mol. The molecule has 0 fully saturated rings. The number of ether oxygens (including phenoxy) is 1. The smallest absolute Gasteiger partial charge is 0.0614 e. The van der Waals surface area contributed by atoms with Crippen molar-refractivity contribution < 1.29 is 30.6 Å². The monoisotopic (exact) mass is 263 g/mol. The Bertz CT molecular complexity index is 219. The average molecular weight is 264 g/mol. The van der Waals surface area contributed by atoms with Crippen molar-refractivity contribution in [2.75, 3.05) is 6.61 Å². The minimum absolute atomic E-state index is 0.420. The minimum Gasteiger partial charge on any atom is -0.445 e. The van der Waals surface area contributed by atoms with Crippen LogP contribution < -0.4 is 0 Å². The molecule has 14 heavy (non-hydrogen) atoms. The molecule has 0 aliphatic heterocycles. The average Bonchev–Trinajstić information content (AvgIpc) is 2.60. The van der Waals surface area contributed by atoms with E-state index in [1.807, 2.05) is 0 Å². The molecule has 0 spiro atoms. The molecular weight excluding hydrogens is 256 g/mol. The number of hydrogen-bond donors (Lipinski definition) is 1. The molecule has 83 valence electrons. The van der Waals surface area contributed by atoms with Crippen LogP contribution in [0.2, 0.25) is 0 Å². The van der Waals surface area contributed by atoms with Gasteiger partial charge in [0.2, 0.25) is 0 Å². The molecule has 5 nitrogen and oxygen atoms in total. The van der Waals surface area contributed by atoms with E-state index < -0.39 is 0 Å². The molecule has 0 aliphatic carbocycles. The molecule has 0 atom stereocenters. The number of carbonyl (C=O) groups excluding carboxylic acids is 1. The van der Waals surface area contributed by atoms with Gasteiger partial charge in [0.25, 0.3) is 0 Å². The van der Waals surface area contributed by atoms with Gasteiger partial charge < -0.3 is 14.5 Å². The molecule has 1 aromatic rings. The van der Waals surface area contributed by atoms with E-state index in [-0.39, 0.29) is 0 Å². The van der Waals surface area contributed by atoms with Crippen LogP contribution in [-0.4, -0.2) is 23.3 Å². The first kappa shape index (κ1) is 15.8. The van der Waals surface area contributed by atoms with Gasteiger partial charge in [-0.1, -0.05) is 23.8 Å². The van der Waals surface area contributed by atoms with Gasteiger partial charge in [-0.05, 0) is 6.92 Å². The molecule has 0 aliphatic rings. The van der Waals surface area contributed by atoms with E-state index >= 15 is 0 Å². The standard InChI is InChI=1S/C4H2NS.C3H5O2.Cu.HNO/c1-4-5-2-3-6-4;1-2-5-3-4;;1-2/h1,3H;2H2,1H3;;2H/q2*-1;;. The molecule has 0 aromatic carbocycles. The van der Waals surface area contributed by atoms with Crippen LogP contribution in [0, 0.1) is 13.1 Å². The maximum atomic E-state index is 9.06. The van der Waals surface area contributed by atoms with Gasteiger partial charge in [0.05, 0.1) is 0 Å². The van der Waals surface area contributed by atoms with Crippen LogP contribution in [-0.2, 0) is 25.3 Å². The summed E-state index contributed by atoms with van der Waals surface area (Å²) in [5.74, 6) is 0. The molecule has 0 saturated heterocycles. The molecule has 2 radical (unpaired) electrons. The summed E-state index contributed by atoms with van der Waals surface area (Å²) in [4.78, 5) is 12.6. The number of thiazole rings is 1. The summed E-state index contributed by atoms with van der Waals surface area (Å²) < 4.78 is 6.09. The first-order chi connectivity index (χ1) is 6.72. The van der Waals surface area contributed by atoms with Gasteiger partial charge >= 0.3 is 25.2 Å². The van der Waals surface area contributed by atoms with E-state index in [1.54, 1.807) is 12.3 Å². The first-order valence-corrected chi connectivity index (χ1v) is 4.50. The second kappa shape index (κ2) is 14.9. The Morgan fingerprint density at radius 3 is 2.64 bits per heavy atom. The molecular formula is C7H8CuN2O3S-2. The molecule has 7 heteroatoms. The summed E-state index contributed by atoms with van der Waals surface area (Å²) in [5.41, 5.74) is 0. The van der Waals surface area contributed by atoms with Crippen LogP contribution in [0.5, 0.6) is 0 Å². The van der Waals surface area contributed by atoms with Crippen LogP contribution >= 0.6 is 11.3 Å². The van der Waals surface area contributed by atoms with Gasteiger partial charge in [-0.3, -0.25) is 0 Å². The van der Waals surface area contributed by atoms with Crippen molar-refractivity contribution in [3.8, 4) is 0 Å². The molecule has 0 amide bonds. The van der Waals surface area contributed by atoms with Gasteiger partial charge in [-0.25, -0.2) is 11.3 Å². The fourth-order valence-electron chi connectivity index (χ4n) is 0.262. The van der Waals surface area contributed by atoms with Crippen molar-refractivity contribution in [3.05, 3.63) is 23.5 Å². The van der Waals surface area contributed by atoms with E-state index in [4.69, 9.17) is 16.9 Å². The zero-order chi connectivity index (χ0) is 11.2. The van der Waals surface area contributed by atoms with E-state index in [1.165, 1.54) is 17.8 Å². The van der Waals surface area contributed by atoms with E-state index in [0.29, 0.717) is 11.6 Å². The normalized spacial score (nSPS) is 7.21. The van der Waals surface area contributed by atoms with Crippen molar-refractivity contribution in [2.45, 2.75) is 6.92 Å². The van der Waals surface area contributed by atoms with Crippen molar-refractivity contribution >= 4 is 17.8 Å². The van der Waals surface area contributed by atoms with Crippen molar-refractivity contribution in [1.29, 1.82) is 0 Å². The Hall–Kier alpha value is -0.621. The Kier molecular flexibility index (Phi) is 16.8. The Morgan fingerprint density at radius 2 is 2.57 bits per heavy atom. The number of nitrogens with zero attached hydrogens (tertiary/aromatic N) is 2. The first-order valence-electron chi connectivity index (χ1n) is 3.20. The van der Waals surface area contributed by atoms with E-state index in [9.17, 15) is 0 Å². The van der Waals surface area contributed by atoms with Gasteiger partial charge in [0.1, 0.15) is 0 Å². The summed E-state index contributed by atoms with van der Waals surface area (Å²) in [7, 11) is 0. The predicted octanol–water partition coefficient (Wildman–Crippen LogP) is 1.20. The van der Waals surface area contributed by atoms with Gasteiger partial charge in [-0.2, -0.15) is 0 Å². The van der Waals surface area contributed by atoms with Crippen LogP contribution in [0.3, 0.4) is 0 Å². The number of aromatic nitrogens is 1. The molecule has 1 aromatic heterocycles. The van der Waals surface area contributed by atoms with Crippen LogP contribution in [0.25, 0.3) is 0 Å². The van der Waals surface area contributed by atoms with Crippen LogP contribution in [0.4, 0.5) is 0 Å². The molecule has 0 saturated carbocycles. The molecule has 1 N–H and O–H groups in total. The van der Waals surface area contributed by atoms with E-state index in [0.717, 1.165) is 0 Å². The van der Waals surface area contributed by atoms with Crippen molar-refractivity contribution in [3.63, 3.8) is 0 Å². The largest absolute Gasteiger partial charge is 0.445 e. The zero-order valence-electron chi connectivity index (χ0n) is 7.23. The van der Waals surface area contributed by atoms with Crippen molar-refractivity contribution in [1.82, 2.24) is 4.98 Å². The maximum Gasteiger partial charge on any atom is -0.0614 e. The molecule has 1 heterocycles. The Labute approximate surface area is 94.7 Å². The molecule has 0 unspecified atom stereocenters. The third kappa shape index (κ3) is 17.5. The fraction of sp³-hybridized carbons (Fsp3) is 0.286. The van der Waals surface area contributed by atoms with Crippen LogP contribution in [0.15, 0.2) is 9.51 Å². The molecule has 1 rings (SSSR count). The summed E-state index contributed by atoms with van der Waals surface area (Å²) >= 11 is 5.08. The third-order valence-electron chi connectivity index (χ3n) is 0.610. The van der Waals surface area contributed by atoms with Gasteiger partial charge in [0.15, 0.2) is 0 Å². The van der Waals surface area contributed by atoms with Crippen LogP contribution in [0.1, 0.15) is 11.9 Å². The number of rotatable bonds is 2. The van der Waals surface area contributed by atoms with Gasteiger partial charge in [0, 0.05) is 6.61 Å². The summed E-state index contributed by atoms with van der Waals surface area (Å²) in [6, 6.07) is 0. The fourth-order valence-corrected chi connectivity index (χ4v) is 0.594. The van der Waals surface area contributed by atoms with Gasteiger partial charge in [-0.15, -0.1) is 6.20 Å². The third-order valence-corrected chi connectivity index (χ3v) is 1.17. The quantitative estimate of drug-likeness (QED) is 0.494. The number of hydrogen-bond acceptors (Lipinski definition) is 6. The maximum absolute atomic E-state index is 9.06. The van der Waals surface area contributed by atoms with E-state index in [2.05, 4.69) is 35.9 Å². The summed E-state index contributed by atoms with van der Waals surface area (Å²) in [6.45, 7) is 8.57. The zero-order valence-corrected chi connectivity index (χ0v) is 8.99. The summed E-state index contributed by atoms with van der Waals surface area (Å²) in [6.07, 6.45) is 2.57. The second-order valence-electron chi connectivity index (χ2n) is 1.39. The van der Waals surface area contributed by atoms with Crippen molar-refractivity contribution in [2.24, 2.45) is 4.13 Å². The Balaban J connectivity index is 0. The topological polar surface area (TPSA) is 71.8 Å².